The van der Waals surface area contributed by atoms with Crippen molar-refractivity contribution in [2.75, 3.05) is 12.8 Å². The van der Waals surface area contributed by atoms with E-state index >= 15 is 0 Å². The van der Waals surface area contributed by atoms with Gasteiger partial charge in [0.2, 0.25) is 0 Å². The molecule has 0 bridgehead atoms. The van der Waals surface area contributed by atoms with Gasteiger partial charge in [0.1, 0.15) is 5.75 Å². The summed E-state index contributed by atoms with van der Waals surface area (Å²) in [6.45, 7) is 0.686. The standard InChI is InChI=1S/C13H19NOS/c1-16-12-5-4-10(8-11(12)15)13(9-14)6-2-3-7-13/h4-5,8,15H,2-3,6-7,9,14H2,1H3. The highest BCUT2D eigenvalue weighted by Crippen LogP contribution is 2.42. The van der Waals surface area contributed by atoms with Gasteiger partial charge in [-0.2, -0.15) is 0 Å². The monoisotopic (exact) mass is 237 g/mol. The molecule has 1 saturated carbocycles. The Labute approximate surface area is 101 Å². The molecule has 1 aliphatic carbocycles. The Morgan fingerprint density at radius 2 is 2.06 bits per heavy atom. The number of benzene rings is 1. The van der Waals surface area contributed by atoms with Gasteiger partial charge in [-0.15, -0.1) is 11.8 Å². The minimum Gasteiger partial charge on any atom is -0.507 e. The molecule has 1 fully saturated rings. The van der Waals surface area contributed by atoms with Gasteiger partial charge in [-0.25, -0.2) is 0 Å². The molecule has 2 nitrogen and oxygen atoms in total. The maximum atomic E-state index is 9.90. The zero-order valence-electron chi connectivity index (χ0n) is 9.70. The molecular formula is C13H19NOS. The summed E-state index contributed by atoms with van der Waals surface area (Å²) in [5.41, 5.74) is 7.26. The molecule has 1 aromatic carbocycles. The van der Waals surface area contributed by atoms with Crippen molar-refractivity contribution in [3.05, 3.63) is 23.8 Å². The van der Waals surface area contributed by atoms with Gasteiger partial charge in [-0.1, -0.05) is 18.9 Å². The molecule has 3 heteroatoms. The lowest BCUT2D eigenvalue weighted by molar-refractivity contribution is 0.436. The maximum absolute atomic E-state index is 9.90. The van der Waals surface area contributed by atoms with Crippen molar-refractivity contribution in [1.82, 2.24) is 0 Å². The molecule has 2 rings (SSSR count). The highest BCUT2D eigenvalue weighted by Gasteiger charge is 2.34. The minimum atomic E-state index is 0.119. The second-order valence-electron chi connectivity index (χ2n) is 4.58. The van der Waals surface area contributed by atoms with Crippen LogP contribution in [0, 0.1) is 0 Å². The fourth-order valence-corrected chi connectivity index (χ4v) is 3.15. The molecule has 3 N–H and O–H groups in total. The third kappa shape index (κ3) is 1.94. The largest absolute Gasteiger partial charge is 0.507 e. The molecule has 88 valence electrons. The topological polar surface area (TPSA) is 46.2 Å². The van der Waals surface area contributed by atoms with Gasteiger partial charge in [0.15, 0.2) is 0 Å². The van der Waals surface area contributed by atoms with Crippen molar-refractivity contribution in [1.29, 1.82) is 0 Å². The van der Waals surface area contributed by atoms with Crippen LogP contribution in [0.2, 0.25) is 0 Å². The SMILES string of the molecule is CSc1ccc(C2(CN)CCCC2)cc1O. The normalized spacial score (nSPS) is 18.9. The lowest BCUT2D eigenvalue weighted by Gasteiger charge is -2.28. The molecule has 0 saturated heterocycles. The van der Waals surface area contributed by atoms with Crippen LogP contribution in [-0.4, -0.2) is 17.9 Å². The van der Waals surface area contributed by atoms with Crippen LogP contribution in [0.15, 0.2) is 23.1 Å². The van der Waals surface area contributed by atoms with Gasteiger partial charge in [0.25, 0.3) is 0 Å². The molecule has 0 heterocycles. The Bertz CT molecular complexity index is 372. The van der Waals surface area contributed by atoms with E-state index in [-0.39, 0.29) is 5.41 Å². The zero-order chi connectivity index (χ0) is 11.6. The molecule has 1 aliphatic rings. The van der Waals surface area contributed by atoms with Crippen LogP contribution < -0.4 is 5.73 Å². The molecule has 16 heavy (non-hydrogen) atoms. The van der Waals surface area contributed by atoms with Gasteiger partial charge in [0.05, 0.1) is 0 Å². The first-order valence-electron chi connectivity index (χ1n) is 5.79. The number of phenolic OH excluding ortho intramolecular Hbond substituents is 1. The number of aromatic hydroxyl groups is 1. The lowest BCUT2D eigenvalue weighted by atomic mass is 9.79. The van der Waals surface area contributed by atoms with Crippen LogP contribution in [-0.2, 0) is 5.41 Å². The van der Waals surface area contributed by atoms with Crippen LogP contribution in [0.4, 0.5) is 0 Å². The number of hydrogen-bond donors (Lipinski definition) is 2. The van der Waals surface area contributed by atoms with Crippen molar-refractivity contribution >= 4 is 11.8 Å². The minimum absolute atomic E-state index is 0.119. The molecule has 0 aromatic heterocycles. The van der Waals surface area contributed by atoms with Crippen molar-refractivity contribution in [2.45, 2.75) is 36.0 Å². The summed E-state index contributed by atoms with van der Waals surface area (Å²) in [6, 6.07) is 6.04. The quantitative estimate of drug-likeness (QED) is 0.795. The van der Waals surface area contributed by atoms with Gasteiger partial charge in [-0.05, 0) is 36.8 Å². The summed E-state index contributed by atoms with van der Waals surface area (Å²) in [7, 11) is 0. The second-order valence-corrected chi connectivity index (χ2v) is 5.43. The highest BCUT2D eigenvalue weighted by atomic mass is 32.2. The first-order chi connectivity index (χ1) is 7.72. The smallest absolute Gasteiger partial charge is 0.129 e. The van der Waals surface area contributed by atoms with Crippen molar-refractivity contribution < 1.29 is 5.11 Å². The summed E-state index contributed by atoms with van der Waals surface area (Å²) in [6.07, 6.45) is 6.79. The number of rotatable bonds is 3. The number of hydrogen-bond acceptors (Lipinski definition) is 3. The van der Waals surface area contributed by atoms with Crippen LogP contribution in [0.25, 0.3) is 0 Å². The Morgan fingerprint density at radius 1 is 1.38 bits per heavy atom. The van der Waals surface area contributed by atoms with Gasteiger partial charge >= 0.3 is 0 Å². The third-order valence-electron chi connectivity index (χ3n) is 3.74. The highest BCUT2D eigenvalue weighted by molar-refractivity contribution is 7.98. The first-order valence-corrected chi connectivity index (χ1v) is 7.02. The molecule has 0 aliphatic heterocycles. The maximum Gasteiger partial charge on any atom is 0.129 e. The molecule has 0 unspecified atom stereocenters. The predicted molar refractivity (Wildman–Crippen MR) is 69.1 cm³/mol. The Hall–Kier alpha value is -0.670. The fraction of sp³-hybridized carbons (Fsp3) is 0.538. The summed E-state index contributed by atoms with van der Waals surface area (Å²) in [5.74, 6) is 0.393. The van der Waals surface area contributed by atoms with Crippen LogP contribution in [0.3, 0.4) is 0 Å². The molecule has 0 radical (unpaired) electrons. The summed E-state index contributed by atoms with van der Waals surface area (Å²) < 4.78 is 0. The van der Waals surface area contributed by atoms with Gasteiger partial charge in [0, 0.05) is 16.9 Å². The fourth-order valence-electron chi connectivity index (χ4n) is 2.68. The van der Waals surface area contributed by atoms with Gasteiger partial charge < -0.3 is 10.8 Å². The summed E-state index contributed by atoms with van der Waals surface area (Å²) >= 11 is 1.57. The van der Waals surface area contributed by atoms with Gasteiger partial charge in [-0.3, -0.25) is 0 Å². The van der Waals surface area contributed by atoms with Crippen LogP contribution in [0.5, 0.6) is 5.75 Å². The number of nitrogens with two attached hydrogens (primary N) is 1. The van der Waals surface area contributed by atoms with Crippen molar-refractivity contribution in [3.63, 3.8) is 0 Å². The summed E-state index contributed by atoms with van der Waals surface area (Å²) in [5, 5.41) is 9.90. The molecule has 1 aromatic rings. The van der Waals surface area contributed by atoms with E-state index in [9.17, 15) is 5.11 Å². The molecular weight excluding hydrogens is 218 g/mol. The van der Waals surface area contributed by atoms with E-state index in [1.807, 2.05) is 18.4 Å². The number of phenols is 1. The van der Waals surface area contributed by atoms with Crippen molar-refractivity contribution in [3.8, 4) is 5.75 Å². The third-order valence-corrected chi connectivity index (χ3v) is 4.53. The Balaban J connectivity index is 2.36. The zero-order valence-corrected chi connectivity index (χ0v) is 10.5. The average molecular weight is 237 g/mol. The van der Waals surface area contributed by atoms with E-state index in [1.54, 1.807) is 11.8 Å². The van der Waals surface area contributed by atoms with E-state index < -0.39 is 0 Å². The Morgan fingerprint density at radius 3 is 2.56 bits per heavy atom. The second kappa shape index (κ2) is 4.68. The van der Waals surface area contributed by atoms with Crippen molar-refractivity contribution in [2.24, 2.45) is 5.73 Å². The van der Waals surface area contributed by atoms with Crippen LogP contribution >= 0.6 is 11.8 Å². The Kier molecular flexibility index (Phi) is 3.45. The van der Waals surface area contributed by atoms with E-state index in [4.69, 9.17) is 5.73 Å². The first kappa shape index (κ1) is 11.8. The molecule has 0 spiro atoms. The van der Waals surface area contributed by atoms with Crippen LogP contribution in [0.1, 0.15) is 31.2 Å². The number of thioether (sulfide) groups is 1. The molecule has 0 amide bonds. The summed E-state index contributed by atoms with van der Waals surface area (Å²) in [4.78, 5) is 0.939. The molecule has 0 atom stereocenters. The van der Waals surface area contributed by atoms with E-state index in [0.29, 0.717) is 12.3 Å². The van der Waals surface area contributed by atoms with E-state index in [0.717, 1.165) is 17.7 Å². The average Bonchev–Trinajstić information content (AvgIpc) is 2.78. The van der Waals surface area contributed by atoms with E-state index in [1.165, 1.54) is 18.4 Å². The van der Waals surface area contributed by atoms with E-state index in [2.05, 4.69) is 6.07 Å². The predicted octanol–water partition coefficient (Wildman–Crippen LogP) is 2.88. The lowest BCUT2D eigenvalue weighted by Crippen LogP contribution is -2.31.